The van der Waals surface area contributed by atoms with Gasteiger partial charge in [0.15, 0.2) is 11.5 Å². The van der Waals surface area contributed by atoms with E-state index in [0.717, 1.165) is 11.0 Å². The molecule has 0 aliphatic rings. The number of H-pyrrole nitrogens is 1. The van der Waals surface area contributed by atoms with Crippen LogP contribution in [0.4, 0.5) is 4.39 Å². The van der Waals surface area contributed by atoms with Crippen molar-refractivity contribution in [3.63, 3.8) is 0 Å². The van der Waals surface area contributed by atoms with Crippen molar-refractivity contribution in [2.24, 2.45) is 7.05 Å². The van der Waals surface area contributed by atoms with Crippen molar-refractivity contribution >= 4 is 22.1 Å². The van der Waals surface area contributed by atoms with Crippen LogP contribution in [0.2, 0.25) is 0 Å². The van der Waals surface area contributed by atoms with Crippen LogP contribution in [0.1, 0.15) is 0 Å². The molecule has 0 bridgehead atoms. The molecular weight excluding hydrogens is 273 g/mol. The van der Waals surface area contributed by atoms with E-state index in [0.29, 0.717) is 11.6 Å². The molecule has 0 atom stereocenters. The van der Waals surface area contributed by atoms with Crippen LogP contribution < -0.4 is 5.56 Å². The van der Waals surface area contributed by atoms with Gasteiger partial charge >= 0.3 is 0 Å². The molecule has 0 radical (unpaired) electrons. The van der Waals surface area contributed by atoms with Crippen molar-refractivity contribution in [1.82, 2.24) is 24.1 Å². The number of fused-ring (bicyclic) bond motifs is 2. The summed E-state index contributed by atoms with van der Waals surface area (Å²) in [4.78, 5) is 23.3. The van der Waals surface area contributed by atoms with Crippen LogP contribution in [0.5, 0.6) is 0 Å². The Balaban J connectivity index is 2.07. The van der Waals surface area contributed by atoms with Crippen LogP contribution in [0, 0.1) is 5.82 Å². The van der Waals surface area contributed by atoms with Gasteiger partial charge in [-0.1, -0.05) is 12.1 Å². The summed E-state index contributed by atoms with van der Waals surface area (Å²) in [6, 6.07) is 7.49. The fraction of sp³-hybridized carbons (Fsp3) is 0.0714. The fourth-order valence-electron chi connectivity index (χ4n) is 2.46. The molecule has 0 fully saturated rings. The topological polar surface area (TPSA) is 68.5 Å². The van der Waals surface area contributed by atoms with Crippen LogP contribution in [0.25, 0.3) is 28.0 Å². The third-order valence-corrected chi connectivity index (χ3v) is 3.45. The average molecular weight is 283 g/mol. The fourth-order valence-corrected chi connectivity index (χ4v) is 2.46. The van der Waals surface area contributed by atoms with Gasteiger partial charge in [0, 0.05) is 13.2 Å². The number of nitrogens with zero attached hydrogens (tertiary/aromatic N) is 4. The minimum atomic E-state index is -0.580. The first-order chi connectivity index (χ1) is 10.1. The number of hydrogen-bond acceptors (Lipinski definition) is 3. The van der Waals surface area contributed by atoms with Gasteiger partial charge in [-0.15, -0.1) is 0 Å². The number of aromatic amines is 1. The molecule has 21 heavy (non-hydrogen) atoms. The lowest BCUT2D eigenvalue weighted by Gasteiger charge is -2.04. The summed E-state index contributed by atoms with van der Waals surface area (Å²) in [6.45, 7) is 0. The molecule has 3 heterocycles. The zero-order valence-corrected chi connectivity index (χ0v) is 11.0. The van der Waals surface area contributed by atoms with Gasteiger partial charge in [0.25, 0.3) is 5.56 Å². The molecule has 0 aliphatic carbocycles. The molecule has 0 saturated carbocycles. The summed E-state index contributed by atoms with van der Waals surface area (Å²) < 4.78 is 16.9. The number of nitrogens with one attached hydrogen (secondary N) is 1. The molecule has 1 aromatic carbocycles. The third kappa shape index (κ3) is 1.60. The van der Waals surface area contributed by atoms with Gasteiger partial charge in [-0.2, -0.15) is 4.98 Å². The van der Waals surface area contributed by atoms with Crippen LogP contribution in [0.15, 0.2) is 41.6 Å². The number of hydrogen-bond donors (Lipinski definition) is 1. The highest BCUT2D eigenvalue weighted by atomic mass is 19.1. The summed E-state index contributed by atoms with van der Waals surface area (Å²) in [5, 5.41) is -0.0364. The largest absolute Gasteiger partial charge is 0.332 e. The highest BCUT2D eigenvalue weighted by Gasteiger charge is 2.15. The van der Waals surface area contributed by atoms with E-state index in [1.54, 1.807) is 17.9 Å². The van der Waals surface area contributed by atoms with Crippen molar-refractivity contribution in [2.45, 2.75) is 0 Å². The van der Waals surface area contributed by atoms with Crippen molar-refractivity contribution in [3.8, 4) is 5.95 Å². The summed E-state index contributed by atoms with van der Waals surface area (Å²) in [7, 11) is 1.65. The Morgan fingerprint density at radius 2 is 2.10 bits per heavy atom. The van der Waals surface area contributed by atoms with Gasteiger partial charge < -0.3 is 4.57 Å². The lowest BCUT2D eigenvalue weighted by molar-refractivity contribution is 0.632. The van der Waals surface area contributed by atoms with E-state index in [4.69, 9.17) is 0 Å². The Morgan fingerprint density at radius 3 is 2.95 bits per heavy atom. The average Bonchev–Trinajstić information content (AvgIpc) is 3.01. The van der Waals surface area contributed by atoms with Crippen LogP contribution in [0.3, 0.4) is 0 Å². The van der Waals surface area contributed by atoms with E-state index < -0.39 is 11.4 Å². The quantitative estimate of drug-likeness (QED) is 0.578. The molecule has 0 unspecified atom stereocenters. The van der Waals surface area contributed by atoms with E-state index in [1.165, 1.54) is 10.8 Å². The third-order valence-electron chi connectivity index (χ3n) is 3.45. The van der Waals surface area contributed by atoms with Gasteiger partial charge in [0.05, 0.1) is 11.0 Å². The number of para-hydroxylation sites is 2. The molecule has 0 saturated heterocycles. The zero-order valence-electron chi connectivity index (χ0n) is 11.0. The number of benzene rings is 1. The van der Waals surface area contributed by atoms with Gasteiger partial charge in [-0.05, 0) is 12.1 Å². The molecule has 7 heteroatoms. The molecule has 6 nitrogen and oxygen atoms in total. The maximum atomic E-state index is 13.7. The number of rotatable bonds is 1. The van der Waals surface area contributed by atoms with E-state index in [2.05, 4.69) is 15.0 Å². The predicted molar refractivity (Wildman–Crippen MR) is 75.9 cm³/mol. The number of aromatic nitrogens is 5. The first kappa shape index (κ1) is 11.8. The Bertz CT molecular complexity index is 1040. The van der Waals surface area contributed by atoms with Gasteiger partial charge in [-0.3, -0.25) is 14.3 Å². The second kappa shape index (κ2) is 4.02. The highest BCUT2D eigenvalue weighted by Crippen LogP contribution is 2.17. The van der Waals surface area contributed by atoms with Gasteiger partial charge in [0.1, 0.15) is 11.7 Å². The lowest BCUT2D eigenvalue weighted by Crippen LogP contribution is -2.13. The molecule has 104 valence electrons. The molecule has 4 rings (SSSR count). The van der Waals surface area contributed by atoms with E-state index in [1.807, 2.05) is 24.3 Å². The molecule has 0 spiro atoms. The second-order valence-electron chi connectivity index (χ2n) is 4.78. The number of halogens is 1. The smallest absolute Gasteiger partial charge is 0.264 e. The normalized spacial score (nSPS) is 11.5. The highest BCUT2D eigenvalue weighted by molar-refractivity contribution is 5.79. The standard InChI is InChI=1S/C14H10FN5O/c1-19-6-8(15)11-12(19)17-14(18-13(11)21)20-7-16-9-4-2-3-5-10(9)20/h2-7H,1H3,(H,17,18,21). The molecule has 1 N–H and O–H groups in total. The Labute approximate surface area is 117 Å². The minimum Gasteiger partial charge on any atom is -0.332 e. The van der Waals surface area contributed by atoms with Crippen molar-refractivity contribution in [3.05, 3.63) is 53.0 Å². The Kier molecular flexibility index (Phi) is 2.26. The molecule has 4 aromatic rings. The van der Waals surface area contributed by atoms with E-state index in [-0.39, 0.29) is 5.39 Å². The Morgan fingerprint density at radius 1 is 1.29 bits per heavy atom. The predicted octanol–water partition coefficient (Wildman–Crippen LogP) is 1.74. The maximum absolute atomic E-state index is 13.7. The van der Waals surface area contributed by atoms with E-state index >= 15 is 0 Å². The summed E-state index contributed by atoms with van der Waals surface area (Å²) in [5.74, 6) is -0.273. The first-order valence-corrected chi connectivity index (χ1v) is 6.32. The van der Waals surface area contributed by atoms with Crippen LogP contribution in [-0.4, -0.2) is 24.1 Å². The number of imidazole rings is 1. The summed E-state index contributed by atoms with van der Waals surface area (Å²) >= 11 is 0. The second-order valence-corrected chi connectivity index (χ2v) is 4.78. The molecular formula is C14H10FN5O. The number of aryl methyl sites for hydroxylation is 1. The van der Waals surface area contributed by atoms with Crippen molar-refractivity contribution < 1.29 is 4.39 Å². The maximum Gasteiger partial charge on any atom is 0.264 e. The SMILES string of the molecule is Cn1cc(F)c2c(=O)[nH]c(-n3cnc4ccccc43)nc21. The molecule has 3 aromatic heterocycles. The summed E-state index contributed by atoms with van der Waals surface area (Å²) in [6.07, 6.45) is 2.82. The zero-order chi connectivity index (χ0) is 14.6. The summed E-state index contributed by atoms with van der Waals surface area (Å²) in [5.41, 5.74) is 1.39. The van der Waals surface area contributed by atoms with E-state index in [9.17, 15) is 9.18 Å². The minimum absolute atomic E-state index is 0.0364. The van der Waals surface area contributed by atoms with Crippen LogP contribution in [-0.2, 0) is 7.05 Å². The molecule has 0 aliphatic heterocycles. The Hall–Kier alpha value is -2.96. The van der Waals surface area contributed by atoms with Crippen molar-refractivity contribution in [2.75, 3.05) is 0 Å². The van der Waals surface area contributed by atoms with Gasteiger partial charge in [-0.25, -0.2) is 9.37 Å². The van der Waals surface area contributed by atoms with Crippen molar-refractivity contribution in [1.29, 1.82) is 0 Å². The van der Waals surface area contributed by atoms with Crippen LogP contribution >= 0.6 is 0 Å². The van der Waals surface area contributed by atoms with Gasteiger partial charge in [0.2, 0.25) is 5.95 Å². The monoisotopic (exact) mass is 283 g/mol. The molecule has 0 amide bonds. The lowest BCUT2D eigenvalue weighted by atomic mass is 10.3. The first-order valence-electron chi connectivity index (χ1n) is 6.32.